The van der Waals surface area contributed by atoms with Gasteiger partial charge >= 0.3 is 0 Å². The molecule has 1 fully saturated rings. The Morgan fingerprint density at radius 1 is 1.44 bits per heavy atom. The number of nitrogens with one attached hydrogen (secondary N) is 1. The molecule has 1 unspecified atom stereocenters. The predicted molar refractivity (Wildman–Crippen MR) is 65.5 cm³/mol. The van der Waals surface area contributed by atoms with Crippen LogP contribution in [0.5, 0.6) is 0 Å². The van der Waals surface area contributed by atoms with Crippen molar-refractivity contribution < 1.29 is 10.1 Å². The molecule has 1 saturated heterocycles. The van der Waals surface area contributed by atoms with E-state index in [2.05, 4.69) is 36.0 Å². The Kier molecular flexibility index (Phi) is 5.69. The molecule has 0 amide bonds. The van der Waals surface area contributed by atoms with Crippen LogP contribution in [0.25, 0.3) is 0 Å². The predicted octanol–water partition coefficient (Wildman–Crippen LogP) is 1.58. The molecule has 4 nitrogen and oxygen atoms in total. The minimum Gasteiger partial charge on any atom is -0.312 e. The standard InChI is InChI=1S/C12H26N2O2/c1-12(2)6-7-13-11(12)10-14(3)8-4-5-9-16-15/h11,13,15H,4-10H2,1-3H3. The first-order valence-corrected chi connectivity index (χ1v) is 6.24. The largest absolute Gasteiger partial charge is 0.312 e. The summed E-state index contributed by atoms with van der Waals surface area (Å²) in [5.41, 5.74) is 0.419. The highest BCUT2D eigenvalue weighted by Crippen LogP contribution is 2.29. The van der Waals surface area contributed by atoms with Crippen molar-refractivity contribution in [3.8, 4) is 0 Å². The highest BCUT2D eigenvalue weighted by molar-refractivity contribution is 4.92. The summed E-state index contributed by atoms with van der Waals surface area (Å²) in [5.74, 6) is 0. The first-order chi connectivity index (χ1) is 7.56. The fourth-order valence-corrected chi connectivity index (χ4v) is 2.28. The third-order valence-electron chi connectivity index (χ3n) is 3.62. The lowest BCUT2D eigenvalue weighted by atomic mass is 9.85. The van der Waals surface area contributed by atoms with Crippen LogP contribution in [-0.2, 0) is 4.89 Å². The van der Waals surface area contributed by atoms with E-state index < -0.39 is 0 Å². The van der Waals surface area contributed by atoms with E-state index in [4.69, 9.17) is 5.26 Å². The Labute approximate surface area is 98.9 Å². The molecule has 1 rings (SSSR count). The SMILES string of the molecule is CN(CCCCOO)CC1NCCC1(C)C. The number of rotatable bonds is 7. The lowest BCUT2D eigenvalue weighted by Crippen LogP contribution is -2.42. The van der Waals surface area contributed by atoms with Crippen LogP contribution in [0.1, 0.15) is 33.1 Å². The van der Waals surface area contributed by atoms with Crippen LogP contribution in [0.2, 0.25) is 0 Å². The highest BCUT2D eigenvalue weighted by atomic mass is 17.1. The maximum absolute atomic E-state index is 8.21. The van der Waals surface area contributed by atoms with E-state index in [1.54, 1.807) is 0 Å². The van der Waals surface area contributed by atoms with Crippen LogP contribution >= 0.6 is 0 Å². The van der Waals surface area contributed by atoms with E-state index in [0.29, 0.717) is 18.1 Å². The molecular weight excluding hydrogens is 204 g/mol. The van der Waals surface area contributed by atoms with Crippen LogP contribution < -0.4 is 5.32 Å². The number of hydrogen-bond acceptors (Lipinski definition) is 4. The van der Waals surface area contributed by atoms with Crippen molar-refractivity contribution in [2.75, 3.05) is 33.3 Å². The smallest absolute Gasteiger partial charge is 0.0820 e. The third-order valence-corrected chi connectivity index (χ3v) is 3.62. The fourth-order valence-electron chi connectivity index (χ4n) is 2.28. The van der Waals surface area contributed by atoms with E-state index in [1.807, 2.05) is 0 Å². The zero-order chi connectivity index (χ0) is 12.0. The second-order valence-electron chi connectivity index (χ2n) is 5.55. The molecule has 1 heterocycles. The maximum atomic E-state index is 8.21. The second kappa shape index (κ2) is 6.55. The lowest BCUT2D eigenvalue weighted by molar-refractivity contribution is -0.242. The normalized spacial score (nSPS) is 24.2. The van der Waals surface area contributed by atoms with Crippen LogP contribution in [0.15, 0.2) is 0 Å². The van der Waals surface area contributed by atoms with Crippen LogP contribution in [0.4, 0.5) is 0 Å². The summed E-state index contributed by atoms with van der Waals surface area (Å²) in [6, 6.07) is 0.603. The van der Waals surface area contributed by atoms with Gasteiger partial charge in [-0.15, -0.1) is 0 Å². The van der Waals surface area contributed by atoms with E-state index >= 15 is 0 Å². The summed E-state index contributed by atoms with van der Waals surface area (Å²) in [4.78, 5) is 6.42. The molecule has 1 aliphatic heterocycles. The van der Waals surface area contributed by atoms with Gasteiger partial charge in [-0.3, -0.25) is 5.26 Å². The summed E-state index contributed by atoms with van der Waals surface area (Å²) in [6.45, 7) is 8.44. The molecule has 0 aromatic rings. The molecule has 0 saturated carbocycles. The summed E-state index contributed by atoms with van der Waals surface area (Å²) in [5, 5.41) is 11.8. The minimum atomic E-state index is 0.419. The van der Waals surface area contributed by atoms with Crippen LogP contribution in [-0.4, -0.2) is 49.5 Å². The Morgan fingerprint density at radius 2 is 2.19 bits per heavy atom. The zero-order valence-corrected chi connectivity index (χ0v) is 10.8. The van der Waals surface area contributed by atoms with E-state index in [0.717, 1.165) is 32.5 Å². The monoisotopic (exact) mass is 230 g/mol. The van der Waals surface area contributed by atoms with Gasteiger partial charge in [0.1, 0.15) is 0 Å². The van der Waals surface area contributed by atoms with Crippen molar-refractivity contribution >= 4 is 0 Å². The van der Waals surface area contributed by atoms with Crippen LogP contribution in [0, 0.1) is 5.41 Å². The van der Waals surface area contributed by atoms with Crippen molar-refractivity contribution in [2.45, 2.75) is 39.2 Å². The van der Waals surface area contributed by atoms with Gasteiger partial charge in [-0.1, -0.05) is 13.8 Å². The molecule has 0 spiro atoms. The topological polar surface area (TPSA) is 44.7 Å². The van der Waals surface area contributed by atoms with Gasteiger partial charge in [0.15, 0.2) is 0 Å². The van der Waals surface area contributed by atoms with Gasteiger partial charge in [0.05, 0.1) is 6.61 Å². The third kappa shape index (κ3) is 4.37. The molecule has 2 N–H and O–H groups in total. The van der Waals surface area contributed by atoms with Gasteiger partial charge in [0.2, 0.25) is 0 Å². The lowest BCUT2D eigenvalue weighted by Gasteiger charge is -2.30. The summed E-state index contributed by atoms with van der Waals surface area (Å²) in [7, 11) is 2.16. The van der Waals surface area contributed by atoms with Gasteiger partial charge in [0, 0.05) is 12.6 Å². The Hall–Kier alpha value is -0.160. The Bertz CT molecular complexity index is 197. The number of hydrogen-bond donors (Lipinski definition) is 2. The highest BCUT2D eigenvalue weighted by Gasteiger charge is 2.34. The molecular formula is C12H26N2O2. The number of nitrogens with zero attached hydrogens (tertiary/aromatic N) is 1. The molecule has 96 valence electrons. The molecule has 0 bridgehead atoms. The summed E-state index contributed by atoms with van der Waals surface area (Å²) >= 11 is 0. The van der Waals surface area contributed by atoms with Crippen molar-refractivity contribution in [1.29, 1.82) is 0 Å². The van der Waals surface area contributed by atoms with Crippen molar-refractivity contribution in [3.63, 3.8) is 0 Å². The average Bonchev–Trinajstić information content (AvgIpc) is 2.53. The number of likely N-dealkylation sites (N-methyl/N-ethyl adjacent to an activating group) is 1. The van der Waals surface area contributed by atoms with Gasteiger partial charge in [-0.2, -0.15) is 0 Å². The quantitative estimate of drug-likeness (QED) is 0.396. The molecule has 0 aromatic carbocycles. The number of unbranched alkanes of at least 4 members (excludes halogenated alkanes) is 1. The molecule has 4 heteroatoms. The van der Waals surface area contributed by atoms with E-state index in [1.165, 1.54) is 6.42 Å². The fraction of sp³-hybridized carbons (Fsp3) is 1.00. The molecule has 1 aliphatic rings. The van der Waals surface area contributed by atoms with E-state index in [-0.39, 0.29) is 0 Å². The van der Waals surface area contributed by atoms with Crippen molar-refractivity contribution in [1.82, 2.24) is 10.2 Å². The summed E-state index contributed by atoms with van der Waals surface area (Å²) in [6.07, 6.45) is 3.26. The summed E-state index contributed by atoms with van der Waals surface area (Å²) < 4.78 is 0. The van der Waals surface area contributed by atoms with Gasteiger partial charge in [-0.25, -0.2) is 4.89 Å². The van der Waals surface area contributed by atoms with Gasteiger partial charge in [-0.05, 0) is 44.8 Å². The van der Waals surface area contributed by atoms with Crippen molar-refractivity contribution in [3.05, 3.63) is 0 Å². The zero-order valence-electron chi connectivity index (χ0n) is 10.8. The Balaban J connectivity index is 2.16. The van der Waals surface area contributed by atoms with Gasteiger partial charge in [0.25, 0.3) is 0 Å². The minimum absolute atomic E-state index is 0.419. The van der Waals surface area contributed by atoms with E-state index in [9.17, 15) is 0 Å². The Morgan fingerprint density at radius 3 is 2.75 bits per heavy atom. The van der Waals surface area contributed by atoms with Crippen molar-refractivity contribution in [2.24, 2.45) is 5.41 Å². The maximum Gasteiger partial charge on any atom is 0.0820 e. The molecule has 0 radical (unpaired) electrons. The first-order valence-electron chi connectivity index (χ1n) is 6.24. The molecule has 0 aliphatic carbocycles. The van der Waals surface area contributed by atoms with Gasteiger partial charge < -0.3 is 10.2 Å². The molecule has 1 atom stereocenters. The average molecular weight is 230 g/mol. The second-order valence-corrected chi connectivity index (χ2v) is 5.55. The molecule has 0 aromatic heterocycles. The first kappa shape index (κ1) is 13.9. The molecule has 16 heavy (non-hydrogen) atoms. The van der Waals surface area contributed by atoms with Crippen LogP contribution in [0.3, 0.4) is 0 Å².